The summed E-state index contributed by atoms with van der Waals surface area (Å²) in [5.41, 5.74) is 0. The van der Waals surface area contributed by atoms with Crippen molar-refractivity contribution in [3.8, 4) is 0 Å². The van der Waals surface area contributed by atoms with Crippen LogP contribution in [-0.2, 0) is 32.7 Å². The van der Waals surface area contributed by atoms with Gasteiger partial charge in [-0.25, -0.2) is 4.57 Å². The van der Waals surface area contributed by atoms with Gasteiger partial charge >= 0.3 is 19.8 Å². The molecule has 49 heavy (non-hydrogen) atoms. The highest BCUT2D eigenvalue weighted by Crippen LogP contribution is 2.43. The second-order valence-corrected chi connectivity index (χ2v) is 14.2. The molecule has 9 nitrogen and oxygen atoms in total. The number of likely N-dealkylation sites (N-methyl/N-ethyl adjacent to an activating group) is 1. The predicted molar refractivity (Wildman–Crippen MR) is 201 cm³/mol. The van der Waals surface area contributed by atoms with Gasteiger partial charge in [-0.2, -0.15) is 0 Å². The van der Waals surface area contributed by atoms with Crippen LogP contribution in [0, 0.1) is 0 Å². The van der Waals surface area contributed by atoms with Crippen LogP contribution in [0.5, 0.6) is 0 Å². The van der Waals surface area contributed by atoms with Crippen LogP contribution in [0.25, 0.3) is 0 Å². The summed E-state index contributed by atoms with van der Waals surface area (Å²) in [4.78, 5) is 36.8. The molecule has 0 bridgehead atoms. The average Bonchev–Trinajstić information content (AvgIpc) is 3.06. The molecule has 2 unspecified atom stereocenters. The third-order valence-electron chi connectivity index (χ3n) is 7.62. The number of esters is 2. The van der Waals surface area contributed by atoms with E-state index < -0.39 is 32.5 Å². The standard InChI is InChI=1S/C39H70NO8P/c1-5-7-9-11-13-15-17-18-19-20-22-23-25-27-29-31-38(41)45-35-37(36-47-49(43,44)46-34-33-40(3)4)48-39(42)32-30-28-26-24-21-16-14-12-10-8-6-2/h7,9,12-15,18-19,37H,5-6,8,10-11,16-17,20-36H2,1-4H3,(H,43,44)/b9-7-,14-12-,15-13-,19-18-. The molecular formula is C39H70NO8P. The van der Waals surface area contributed by atoms with Crippen LogP contribution in [0.3, 0.4) is 0 Å². The molecule has 0 spiro atoms. The number of allylic oxidation sites excluding steroid dienone is 8. The zero-order valence-electron chi connectivity index (χ0n) is 31.4. The second-order valence-electron chi connectivity index (χ2n) is 12.7. The van der Waals surface area contributed by atoms with Crippen molar-refractivity contribution in [3.05, 3.63) is 48.6 Å². The number of unbranched alkanes of at least 4 members (excludes halogenated alkanes) is 12. The summed E-state index contributed by atoms with van der Waals surface area (Å²) in [6.45, 7) is 4.11. The lowest BCUT2D eigenvalue weighted by Gasteiger charge is -2.20. The molecule has 0 aromatic heterocycles. The molecule has 2 atom stereocenters. The van der Waals surface area contributed by atoms with Gasteiger partial charge in [0.15, 0.2) is 6.10 Å². The number of phosphoric ester groups is 1. The van der Waals surface area contributed by atoms with Gasteiger partial charge in [-0.15, -0.1) is 0 Å². The van der Waals surface area contributed by atoms with E-state index in [1.54, 1.807) is 0 Å². The monoisotopic (exact) mass is 711 g/mol. The third-order valence-corrected chi connectivity index (χ3v) is 8.60. The molecule has 10 heteroatoms. The minimum atomic E-state index is -4.36. The van der Waals surface area contributed by atoms with Crippen LogP contribution in [0.2, 0.25) is 0 Å². The second kappa shape index (κ2) is 34.4. The van der Waals surface area contributed by atoms with E-state index in [-0.39, 0.29) is 26.1 Å². The Morgan fingerprint density at radius 2 is 1.16 bits per heavy atom. The number of phosphoric acid groups is 1. The van der Waals surface area contributed by atoms with Gasteiger partial charge < -0.3 is 19.3 Å². The van der Waals surface area contributed by atoms with Crippen LogP contribution in [-0.4, -0.2) is 68.3 Å². The number of hydrogen-bond acceptors (Lipinski definition) is 8. The molecule has 0 fully saturated rings. The van der Waals surface area contributed by atoms with Crippen molar-refractivity contribution in [2.45, 2.75) is 148 Å². The molecule has 0 amide bonds. The molecule has 0 heterocycles. The van der Waals surface area contributed by atoms with Gasteiger partial charge in [0, 0.05) is 19.4 Å². The molecule has 1 N–H and O–H groups in total. The van der Waals surface area contributed by atoms with Gasteiger partial charge in [-0.1, -0.05) is 114 Å². The molecule has 284 valence electrons. The van der Waals surface area contributed by atoms with E-state index in [0.29, 0.717) is 19.4 Å². The van der Waals surface area contributed by atoms with Gasteiger partial charge in [-0.05, 0) is 78.3 Å². The van der Waals surface area contributed by atoms with Crippen molar-refractivity contribution in [1.82, 2.24) is 4.90 Å². The first kappa shape index (κ1) is 47.0. The van der Waals surface area contributed by atoms with Crippen molar-refractivity contribution in [2.75, 3.05) is 40.5 Å². The van der Waals surface area contributed by atoms with Crippen LogP contribution < -0.4 is 0 Å². The minimum absolute atomic E-state index is 0.00108. The van der Waals surface area contributed by atoms with Crippen LogP contribution >= 0.6 is 7.82 Å². The Bertz CT molecular complexity index is 963. The molecule has 0 saturated carbocycles. The van der Waals surface area contributed by atoms with E-state index in [9.17, 15) is 19.0 Å². The zero-order chi connectivity index (χ0) is 36.3. The van der Waals surface area contributed by atoms with Crippen molar-refractivity contribution >= 4 is 19.8 Å². The van der Waals surface area contributed by atoms with Gasteiger partial charge in [0.2, 0.25) is 0 Å². The van der Waals surface area contributed by atoms with E-state index in [4.69, 9.17) is 18.5 Å². The summed E-state index contributed by atoms with van der Waals surface area (Å²) >= 11 is 0. The zero-order valence-corrected chi connectivity index (χ0v) is 32.3. The first-order valence-electron chi connectivity index (χ1n) is 18.9. The summed E-state index contributed by atoms with van der Waals surface area (Å²) in [6.07, 6.45) is 35.9. The van der Waals surface area contributed by atoms with Crippen LogP contribution in [0.15, 0.2) is 48.6 Å². The first-order chi connectivity index (χ1) is 23.7. The fourth-order valence-electron chi connectivity index (χ4n) is 4.68. The molecule has 0 aliphatic rings. The quantitative estimate of drug-likeness (QED) is 0.0302. The molecule has 0 radical (unpaired) electrons. The molecule has 0 aromatic carbocycles. The summed E-state index contributed by atoms with van der Waals surface area (Å²) in [7, 11) is -0.727. The summed E-state index contributed by atoms with van der Waals surface area (Å²) < 4.78 is 33.3. The molecule has 0 saturated heterocycles. The highest BCUT2D eigenvalue weighted by Gasteiger charge is 2.26. The van der Waals surface area contributed by atoms with Crippen LogP contribution in [0.4, 0.5) is 0 Å². The minimum Gasteiger partial charge on any atom is -0.462 e. The fraction of sp³-hybridized carbons (Fsp3) is 0.744. The summed E-state index contributed by atoms with van der Waals surface area (Å²) in [5, 5.41) is 0. The lowest BCUT2D eigenvalue weighted by Crippen LogP contribution is -2.29. The van der Waals surface area contributed by atoms with Crippen LogP contribution in [0.1, 0.15) is 142 Å². The van der Waals surface area contributed by atoms with Gasteiger partial charge in [0.25, 0.3) is 0 Å². The Morgan fingerprint density at radius 1 is 0.653 bits per heavy atom. The Balaban J connectivity index is 4.40. The number of hydrogen-bond donors (Lipinski definition) is 1. The number of rotatable bonds is 34. The van der Waals surface area contributed by atoms with E-state index in [1.807, 2.05) is 19.0 Å². The van der Waals surface area contributed by atoms with Gasteiger partial charge in [-0.3, -0.25) is 18.6 Å². The maximum atomic E-state index is 12.6. The Hall–Kier alpha value is -2.03. The van der Waals surface area contributed by atoms with Crippen molar-refractivity contribution in [3.63, 3.8) is 0 Å². The summed E-state index contributed by atoms with van der Waals surface area (Å²) in [6, 6.07) is 0. The van der Waals surface area contributed by atoms with Gasteiger partial charge in [0.1, 0.15) is 6.61 Å². The van der Waals surface area contributed by atoms with Crippen molar-refractivity contribution in [2.24, 2.45) is 0 Å². The topological polar surface area (TPSA) is 112 Å². The molecule has 0 rings (SSSR count). The van der Waals surface area contributed by atoms with E-state index in [1.165, 1.54) is 12.8 Å². The smallest absolute Gasteiger partial charge is 0.462 e. The average molecular weight is 712 g/mol. The van der Waals surface area contributed by atoms with E-state index in [0.717, 1.165) is 89.9 Å². The van der Waals surface area contributed by atoms with Crippen molar-refractivity contribution in [1.29, 1.82) is 0 Å². The number of ether oxygens (including phenoxy) is 2. The normalized spacial score (nSPS) is 14.1. The van der Waals surface area contributed by atoms with E-state index >= 15 is 0 Å². The van der Waals surface area contributed by atoms with Gasteiger partial charge in [0.05, 0.1) is 13.2 Å². The number of carbonyl (C=O) groups is 2. The number of carbonyl (C=O) groups excluding carboxylic acids is 2. The predicted octanol–water partition coefficient (Wildman–Crippen LogP) is 10.2. The maximum absolute atomic E-state index is 12.6. The molecular weight excluding hydrogens is 641 g/mol. The maximum Gasteiger partial charge on any atom is 0.472 e. The lowest BCUT2D eigenvalue weighted by molar-refractivity contribution is -0.161. The molecule has 0 aliphatic heterocycles. The Labute approximate surface area is 299 Å². The first-order valence-corrected chi connectivity index (χ1v) is 20.4. The van der Waals surface area contributed by atoms with E-state index in [2.05, 4.69) is 62.5 Å². The molecule has 0 aliphatic carbocycles. The Kier molecular flexibility index (Phi) is 33.0. The third kappa shape index (κ3) is 35.6. The highest BCUT2D eigenvalue weighted by molar-refractivity contribution is 7.47. The van der Waals surface area contributed by atoms with Crippen molar-refractivity contribution < 1.29 is 37.6 Å². The number of nitrogens with zero attached hydrogens (tertiary/aromatic N) is 1. The SMILES string of the molecule is CC/C=C\C/C=C\C/C=C\CCCCCCCC(=O)OCC(COP(=O)(O)OCCN(C)C)OC(=O)CCCCCCC/C=C\CCCC. The highest BCUT2D eigenvalue weighted by atomic mass is 31.2. The fourth-order valence-corrected chi connectivity index (χ4v) is 5.42. The summed E-state index contributed by atoms with van der Waals surface area (Å²) in [5.74, 6) is -0.840. The lowest BCUT2D eigenvalue weighted by atomic mass is 10.1. The largest absolute Gasteiger partial charge is 0.472 e. The Morgan fingerprint density at radius 3 is 1.76 bits per heavy atom. The molecule has 0 aromatic rings.